The highest BCUT2D eigenvalue weighted by Gasteiger charge is 2.24. The van der Waals surface area contributed by atoms with Gasteiger partial charge in [-0.1, -0.05) is 30.3 Å². The SMILES string of the molecule is CCOCCCC(=O)N1CCCN(Cc2ccccc2)C[C@H]1C. The Hall–Kier alpha value is -1.39. The molecule has 1 heterocycles. The van der Waals surface area contributed by atoms with Crippen molar-refractivity contribution in [3.8, 4) is 0 Å². The first-order chi connectivity index (χ1) is 11.2. The molecule has 0 radical (unpaired) electrons. The third kappa shape index (κ3) is 5.96. The summed E-state index contributed by atoms with van der Waals surface area (Å²) in [7, 11) is 0. The lowest BCUT2D eigenvalue weighted by Gasteiger charge is -2.29. The molecule has 23 heavy (non-hydrogen) atoms. The van der Waals surface area contributed by atoms with Crippen LogP contribution in [0.15, 0.2) is 30.3 Å². The molecule has 0 aliphatic carbocycles. The van der Waals surface area contributed by atoms with E-state index in [-0.39, 0.29) is 11.9 Å². The van der Waals surface area contributed by atoms with E-state index in [9.17, 15) is 4.79 Å². The first kappa shape index (κ1) is 18.0. The van der Waals surface area contributed by atoms with Crippen molar-refractivity contribution >= 4 is 5.91 Å². The monoisotopic (exact) mass is 318 g/mol. The molecule has 0 N–H and O–H groups in total. The highest BCUT2D eigenvalue weighted by atomic mass is 16.5. The second-order valence-corrected chi connectivity index (χ2v) is 6.31. The Bertz CT molecular complexity index is 464. The minimum Gasteiger partial charge on any atom is -0.382 e. The van der Waals surface area contributed by atoms with Crippen molar-refractivity contribution in [3.05, 3.63) is 35.9 Å². The number of carbonyl (C=O) groups is 1. The molecule has 4 heteroatoms. The van der Waals surface area contributed by atoms with Gasteiger partial charge in [-0.15, -0.1) is 0 Å². The van der Waals surface area contributed by atoms with E-state index in [2.05, 4.69) is 47.1 Å². The lowest BCUT2D eigenvalue weighted by Crippen LogP contribution is -2.42. The third-order valence-corrected chi connectivity index (χ3v) is 4.38. The average molecular weight is 318 g/mol. The predicted octanol–water partition coefficient (Wildman–Crippen LogP) is 2.93. The Morgan fingerprint density at radius 2 is 2.04 bits per heavy atom. The zero-order valence-electron chi connectivity index (χ0n) is 14.5. The third-order valence-electron chi connectivity index (χ3n) is 4.38. The maximum atomic E-state index is 12.4. The molecule has 1 saturated heterocycles. The molecule has 1 aliphatic rings. The molecule has 0 bridgehead atoms. The van der Waals surface area contributed by atoms with Crippen molar-refractivity contribution < 1.29 is 9.53 Å². The van der Waals surface area contributed by atoms with Crippen molar-refractivity contribution in [2.75, 3.05) is 32.8 Å². The summed E-state index contributed by atoms with van der Waals surface area (Å²) >= 11 is 0. The van der Waals surface area contributed by atoms with Crippen LogP contribution in [0.4, 0.5) is 0 Å². The first-order valence-electron chi connectivity index (χ1n) is 8.84. The van der Waals surface area contributed by atoms with Crippen LogP contribution in [-0.2, 0) is 16.1 Å². The van der Waals surface area contributed by atoms with Crippen molar-refractivity contribution in [2.24, 2.45) is 0 Å². The first-order valence-corrected chi connectivity index (χ1v) is 8.84. The summed E-state index contributed by atoms with van der Waals surface area (Å²) in [6, 6.07) is 10.9. The second-order valence-electron chi connectivity index (χ2n) is 6.31. The van der Waals surface area contributed by atoms with E-state index >= 15 is 0 Å². The maximum Gasteiger partial charge on any atom is 0.222 e. The molecule has 1 amide bonds. The number of nitrogens with zero attached hydrogens (tertiary/aromatic N) is 2. The summed E-state index contributed by atoms with van der Waals surface area (Å²) in [6.45, 7) is 9.42. The van der Waals surface area contributed by atoms with Gasteiger partial charge in [-0.2, -0.15) is 0 Å². The Morgan fingerprint density at radius 3 is 2.78 bits per heavy atom. The fourth-order valence-electron chi connectivity index (χ4n) is 3.22. The van der Waals surface area contributed by atoms with Crippen LogP contribution in [0.5, 0.6) is 0 Å². The molecule has 0 unspecified atom stereocenters. The Balaban J connectivity index is 1.82. The number of hydrogen-bond donors (Lipinski definition) is 0. The number of amides is 1. The number of ether oxygens (including phenoxy) is 1. The minimum absolute atomic E-state index is 0.277. The molecular formula is C19H30N2O2. The fraction of sp³-hybridized carbons (Fsp3) is 0.632. The van der Waals surface area contributed by atoms with E-state index in [4.69, 9.17) is 4.74 Å². The van der Waals surface area contributed by atoms with Crippen LogP contribution in [0.3, 0.4) is 0 Å². The van der Waals surface area contributed by atoms with Gasteiger partial charge in [0.15, 0.2) is 0 Å². The average Bonchev–Trinajstić information content (AvgIpc) is 2.73. The molecule has 0 aromatic heterocycles. The molecule has 0 saturated carbocycles. The summed E-state index contributed by atoms with van der Waals surface area (Å²) in [5, 5.41) is 0. The molecule has 128 valence electrons. The standard InChI is InChI=1S/C19H30N2O2/c1-3-23-14-7-11-19(22)21-13-8-12-20(15-17(21)2)16-18-9-5-4-6-10-18/h4-6,9-10,17H,3,7-8,11-16H2,1-2H3/t17-/m1/s1. The van der Waals surface area contributed by atoms with Crippen LogP contribution in [0.2, 0.25) is 0 Å². The van der Waals surface area contributed by atoms with Gasteiger partial charge in [-0.25, -0.2) is 0 Å². The van der Waals surface area contributed by atoms with Gasteiger partial charge in [-0.05, 0) is 32.3 Å². The van der Waals surface area contributed by atoms with Crippen molar-refractivity contribution in [2.45, 2.75) is 45.7 Å². The predicted molar refractivity (Wildman–Crippen MR) is 93.2 cm³/mol. The van der Waals surface area contributed by atoms with Gasteiger partial charge in [-0.3, -0.25) is 9.69 Å². The quantitative estimate of drug-likeness (QED) is 0.725. The van der Waals surface area contributed by atoms with E-state index in [1.807, 2.05) is 6.92 Å². The van der Waals surface area contributed by atoms with Gasteiger partial charge in [0.2, 0.25) is 5.91 Å². The van der Waals surface area contributed by atoms with Crippen LogP contribution in [0, 0.1) is 0 Å². The van der Waals surface area contributed by atoms with E-state index < -0.39 is 0 Å². The summed E-state index contributed by atoms with van der Waals surface area (Å²) < 4.78 is 5.33. The minimum atomic E-state index is 0.277. The Morgan fingerprint density at radius 1 is 1.26 bits per heavy atom. The van der Waals surface area contributed by atoms with Crippen molar-refractivity contribution in [3.63, 3.8) is 0 Å². The molecule has 1 aromatic rings. The highest BCUT2D eigenvalue weighted by molar-refractivity contribution is 5.76. The molecule has 1 aromatic carbocycles. The normalized spacial score (nSPS) is 19.6. The van der Waals surface area contributed by atoms with Gasteiger partial charge in [0.1, 0.15) is 0 Å². The molecule has 1 fully saturated rings. The van der Waals surface area contributed by atoms with E-state index in [0.29, 0.717) is 13.0 Å². The lowest BCUT2D eigenvalue weighted by atomic mass is 10.2. The van der Waals surface area contributed by atoms with Crippen LogP contribution in [0.25, 0.3) is 0 Å². The number of carbonyl (C=O) groups excluding carboxylic acids is 1. The second kappa shape index (κ2) is 9.68. The molecule has 2 rings (SSSR count). The number of rotatable bonds is 7. The van der Waals surface area contributed by atoms with Gasteiger partial charge >= 0.3 is 0 Å². The maximum absolute atomic E-state index is 12.4. The fourth-order valence-corrected chi connectivity index (χ4v) is 3.22. The van der Waals surface area contributed by atoms with Crippen LogP contribution < -0.4 is 0 Å². The molecule has 1 atom stereocenters. The summed E-state index contributed by atoms with van der Waals surface area (Å²) in [5.41, 5.74) is 1.34. The molecule has 1 aliphatic heterocycles. The lowest BCUT2D eigenvalue weighted by molar-refractivity contribution is -0.133. The summed E-state index contributed by atoms with van der Waals surface area (Å²) in [4.78, 5) is 17.0. The van der Waals surface area contributed by atoms with E-state index in [0.717, 1.165) is 45.6 Å². The molecular weight excluding hydrogens is 288 g/mol. The zero-order chi connectivity index (χ0) is 16.5. The van der Waals surface area contributed by atoms with Crippen LogP contribution >= 0.6 is 0 Å². The topological polar surface area (TPSA) is 32.8 Å². The van der Waals surface area contributed by atoms with Gasteiger partial charge < -0.3 is 9.64 Å². The van der Waals surface area contributed by atoms with Crippen LogP contribution in [0.1, 0.15) is 38.7 Å². The van der Waals surface area contributed by atoms with Gasteiger partial charge in [0.25, 0.3) is 0 Å². The number of hydrogen-bond acceptors (Lipinski definition) is 3. The van der Waals surface area contributed by atoms with Crippen molar-refractivity contribution in [1.82, 2.24) is 9.80 Å². The van der Waals surface area contributed by atoms with Crippen LogP contribution in [-0.4, -0.2) is 54.6 Å². The summed E-state index contributed by atoms with van der Waals surface area (Å²) in [6.07, 6.45) is 2.47. The zero-order valence-corrected chi connectivity index (χ0v) is 14.5. The largest absolute Gasteiger partial charge is 0.382 e. The highest BCUT2D eigenvalue weighted by Crippen LogP contribution is 2.14. The molecule has 0 spiro atoms. The van der Waals surface area contributed by atoms with E-state index in [1.54, 1.807) is 0 Å². The van der Waals surface area contributed by atoms with E-state index in [1.165, 1.54) is 5.56 Å². The smallest absolute Gasteiger partial charge is 0.222 e. The molecule has 4 nitrogen and oxygen atoms in total. The Kier molecular flexibility index (Phi) is 7.56. The van der Waals surface area contributed by atoms with Gasteiger partial charge in [0, 0.05) is 51.9 Å². The summed E-state index contributed by atoms with van der Waals surface area (Å²) in [5.74, 6) is 0.277. The van der Waals surface area contributed by atoms with Gasteiger partial charge in [0.05, 0.1) is 0 Å². The Labute approximate surface area is 140 Å². The van der Waals surface area contributed by atoms with Crippen molar-refractivity contribution in [1.29, 1.82) is 0 Å². The number of benzene rings is 1.